The lowest BCUT2D eigenvalue weighted by Gasteiger charge is -2.34. The van der Waals surface area contributed by atoms with Crippen LogP contribution in [0, 0.1) is 12.8 Å². The van der Waals surface area contributed by atoms with E-state index in [9.17, 15) is 4.79 Å². The molecule has 7 nitrogen and oxygen atoms in total. The monoisotopic (exact) mass is 328 g/mol. The van der Waals surface area contributed by atoms with E-state index < -0.39 is 0 Å². The fourth-order valence-electron chi connectivity index (χ4n) is 3.56. The summed E-state index contributed by atoms with van der Waals surface area (Å²) in [6.07, 6.45) is 3.76. The van der Waals surface area contributed by atoms with Crippen molar-refractivity contribution >= 4 is 5.91 Å². The van der Waals surface area contributed by atoms with E-state index in [4.69, 9.17) is 9.26 Å². The van der Waals surface area contributed by atoms with Crippen LogP contribution in [0.2, 0.25) is 0 Å². The third kappa shape index (κ3) is 3.03. The molecule has 2 saturated heterocycles. The van der Waals surface area contributed by atoms with Gasteiger partial charge in [0.25, 0.3) is 5.89 Å². The molecular weight excluding hydrogens is 308 g/mol. The van der Waals surface area contributed by atoms with E-state index in [1.807, 2.05) is 23.1 Å². The number of hydrogen-bond acceptors (Lipinski definition) is 6. The predicted molar refractivity (Wildman–Crippen MR) is 83.9 cm³/mol. The number of nitrogens with zero attached hydrogens (tertiary/aromatic N) is 4. The highest BCUT2D eigenvalue weighted by Gasteiger charge is 2.42. The second-order valence-electron chi connectivity index (χ2n) is 6.47. The van der Waals surface area contributed by atoms with Crippen LogP contribution in [0.15, 0.2) is 28.9 Å². The average Bonchev–Trinajstić information content (AvgIpc) is 3.20. The van der Waals surface area contributed by atoms with Crippen LogP contribution in [0.1, 0.15) is 36.4 Å². The van der Waals surface area contributed by atoms with E-state index in [0.29, 0.717) is 24.1 Å². The number of carbonyl (C=O) groups excluding carboxylic acids is 1. The fourth-order valence-corrected chi connectivity index (χ4v) is 3.56. The molecule has 4 rings (SSSR count). The summed E-state index contributed by atoms with van der Waals surface area (Å²) in [7, 11) is 0. The minimum atomic E-state index is -0.146. The Morgan fingerprint density at radius 2 is 2.33 bits per heavy atom. The highest BCUT2D eigenvalue weighted by Crippen LogP contribution is 2.40. The van der Waals surface area contributed by atoms with Crippen molar-refractivity contribution < 1.29 is 14.1 Å². The highest BCUT2D eigenvalue weighted by atomic mass is 16.5. The lowest BCUT2D eigenvalue weighted by molar-refractivity contribution is -0.133. The van der Waals surface area contributed by atoms with Gasteiger partial charge in [-0.2, -0.15) is 4.98 Å². The van der Waals surface area contributed by atoms with Gasteiger partial charge in [0, 0.05) is 30.9 Å². The quantitative estimate of drug-likeness (QED) is 0.853. The van der Waals surface area contributed by atoms with Crippen LogP contribution in [0.5, 0.6) is 0 Å². The summed E-state index contributed by atoms with van der Waals surface area (Å²) in [4.78, 5) is 22.9. The topological polar surface area (TPSA) is 81.4 Å². The maximum absolute atomic E-state index is 12.5. The van der Waals surface area contributed by atoms with E-state index in [0.717, 1.165) is 31.6 Å². The Labute approximate surface area is 140 Å². The van der Waals surface area contributed by atoms with Gasteiger partial charge < -0.3 is 14.2 Å². The minimum Gasteiger partial charge on any atom is -0.365 e. The molecular formula is C17H20N4O3. The van der Waals surface area contributed by atoms with Crippen LogP contribution in [0.4, 0.5) is 0 Å². The summed E-state index contributed by atoms with van der Waals surface area (Å²) in [6, 6.07) is 5.65. The van der Waals surface area contributed by atoms with Gasteiger partial charge in [0.2, 0.25) is 5.91 Å². The highest BCUT2D eigenvalue weighted by molar-refractivity contribution is 5.78. The normalized spacial score (nSPS) is 26.4. The minimum absolute atomic E-state index is 0.129. The summed E-state index contributed by atoms with van der Waals surface area (Å²) in [6.45, 7) is 3.25. The first-order valence-electron chi connectivity index (χ1n) is 8.32. The summed E-state index contributed by atoms with van der Waals surface area (Å²) in [5.41, 5.74) is 0.812. The molecule has 0 unspecified atom stereocenters. The van der Waals surface area contributed by atoms with Crippen molar-refractivity contribution in [2.24, 2.45) is 5.92 Å². The first-order valence-corrected chi connectivity index (χ1v) is 8.32. The lowest BCUT2D eigenvalue weighted by Crippen LogP contribution is -2.45. The maximum Gasteiger partial charge on any atom is 0.255 e. The molecule has 0 radical (unpaired) electrons. The number of ether oxygens (including phenoxy) is 1. The third-order valence-corrected chi connectivity index (χ3v) is 4.75. The number of piperidine rings is 1. The molecule has 1 amide bonds. The number of amides is 1. The van der Waals surface area contributed by atoms with Crippen LogP contribution < -0.4 is 0 Å². The molecule has 7 heteroatoms. The number of carbonyl (C=O) groups is 1. The number of pyridine rings is 1. The number of aryl methyl sites for hydroxylation is 1. The molecule has 0 aromatic carbocycles. The van der Waals surface area contributed by atoms with E-state index in [1.165, 1.54) is 0 Å². The first kappa shape index (κ1) is 15.3. The predicted octanol–water partition coefficient (Wildman–Crippen LogP) is 1.69. The van der Waals surface area contributed by atoms with Gasteiger partial charge in [-0.05, 0) is 31.9 Å². The molecule has 0 saturated carbocycles. The molecule has 2 fully saturated rings. The number of rotatable bonds is 3. The van der Waals surface area contributed by atoms with Crippen LogP contribution in [-0.4, -0.2) is 45.1 Å². The van der Waals surface area contributed by atoms with Gasteiger partial charge in [0.05, 0.1) is 12.5 Å². The standard InChI is InChI=1S/C17H20N4O3/c1-11-19-17(24-20-11)15-8-12-10-21(7-5-14(12)23-15)16(22)9-13-4-2-3-6-18-13/h2-4,6,12,14-15H,5,7-10H2,1H3/t12-,14-,15+/m0/s1. The number of likely N-dealkylation sites (tertiary alicyclic amines) is 1. The maximum atomic E-state index is 12.5. The molecule has 2 aromatic heterocycles. The van der Waals surface area contributed by atoms with Crippen molar-refractivity contribution in [2.75, 3.05) is 13.1 Å². The zero-order chi connectivity index (χ0) is 16.5. The average molecular weight is 328 g/mol. The molecule has 126 valence electrons. The number of aromatic nitrogens is 3. The molecule has 24 heavy (non-hydrogen) atoms. The Bertz CT molecular complexity index is 718. The molecule has 0 spiro atoms. The van der Waals surface area contributed by atoms with Gasteiger partial charge in [-0.25, -0.2) is 0 Å². The van der Waals surface area contributed by atoms with Crippen LogP contribution >= 0.6 is 0 Å². The van der Waals surface area contributed by atoms with Gasteiger partial charge >= 0.3 is 0 Å². The summed E-state index contributed by atoms with van der Waals surface area (Å²) in [5.74, 6) is 1.62. The molecule has 3 atom stereocenters. The largest absolute Gasteiger partial charge is 0.365 e. The molecule has 2 aliphatic rings. The first-order chi connectivity index (χ1) is 11.7. The summed E-state index contributed by atoms with van der Waals surface area (Å²) in [5, 5.41) is 3.83. The Morgan fingerprint density at radius 3 is 3.08 bits per heavy atom. The van der Waals surface area contributed by atoms with E-state index in [1.54, 1.807) is 13.1 Å². The van der Waals surface area contributed by atoms with Gasteiger partial charge in [0.15, 0.2) is 5.82 Å². The Balaban J connectivity index is 1.38. The SMILES string of the molecule is Cc1noc([C@H]2C[C@H]3CN(C(=O)Cc4ccccn4)CC[C@@H]3O2)n1. The molecule has 4 heterocycles. The second kappa shape index (κ2) is 6.32. The van der Waals surface area contributed by atoms with Gasteiger partial charge in [-0.3, -0.25) is 9.78 Å². The van der Waals surface area contributed by atoms with Gasteiger partial charge in [-0.15, -0.1) is 0 Å². The Morgan fingerprint density at radius 1 is 1.42 bits per heavy atom. The van der Waals surface area contributed by atoms with E-state index in [2.05, 4.69) is 15.1 Å². The number of fused-ring (bicyclic) bond motifs is 1. The van der Waals surface area contributed by atoms with E-state index in [-0.39, 0.29) is 18.1 Å². The molecule has 0 aliphatic carbocycles. The summed E-state index contributed by atoms with van der Waals surface area (Å²) >= 11 is 0. The molecule has 2 aromatic rings. The fraction of sp³-hybridized carbons (Fsp3) is 0.529. The van der Waals surface area contributed by atoms with Crippen LogP contribution in [0.25, 0.3) is 0 Å². The van der Waals surface area contributed by atoms with Crippen LogP contribution in [0.3, 0.4) is 0 Å². The van der Waals surface area contributed by atoms with Crippen molar-refractivity contribution in [3.8, 4) is 0 Å². The zero-order valence-electron chi connectivity index (χ0n) is 13.6. The van der Waals surface area contributed by atoms with Crippen molar-refractivity contribution in [2.45, 2.75) is 38.4 Å². The van der Waals surface area contributed by atoms with E-state index >= 15 is 0 Å². The summed E-state index contributed by atoms with van der Waals surface area (Å²) < 4.78 is 11.3. The molecule has 0 N–H and O–H groups in total. The van der Waals surface area contributed by atoms with Crippen molar-refractivity contribution in [1.29, 1.82) is 0 Å². The van der Waals surface area contributed by atoms with Crippen molar-refractivity contribution in [3.63, 3.8) is 0 Å². The smallest absolute Gasteiger partial charge is 0.255 e. The molecule has 2 aliphatic heterocycles. The van der Waals surface area contributed by atoms with Crippen LogP contribution in [-0.2, 0) is 16.0 Å². The Kier molecular flexibility index (Phi) is 4.02. The zero-order valence-corrected chi connectivity index (χ0v) is 13.6. The Hall–Kier alpha value is -2.28. The van der Waals surface area contributed by atoms with Crippen molar-refractivity contribution in [1.82, 2.24) is 20.0 Å². The molecule has 0 bridgehead atoms. The van der Waals surface area contributed by atoms with Gasteiger partial charge in [-0.1, -0.05) is 11.2 Å². The van der Waals surface area contributed by atoms with Gasteiger partial charge in [0.1, 0.15) is 6.10 Å². The lowest BCUT2D eigenvalue weighted by atomic mass is 9.92. The van der Waals surface area contributed by atoms with Crippen molar-refractivity contribution in [3.05, 3.63) is 41.8 Å². The third-order valence-electron chi connectivity index (χ3n) is 4.75. The second-order valence-corrected chi connectivity index (χ2v) is 6.47. The number of hydrogen-bond donors (Lipinski definition) is 0.